The van der Waals surface area contributed by atoms with Crippen LogP contribution >= 0.6 is 0 Å². The molecule has 0 bridgehead atoms. The monoisotopic (exact) mass is 527 g/mol. The number of hydrogen-bond acceptors (Lipinski definition) is 8. The van der Waals surface area contributed by atoms with Crippen LogP contribution in [0.4, 0.5) is 0 Å². The van der Waals surface area contributed by atoms with Gasteiger partial charge in [0.15, 0.2) is 0 Å². The minimum Gasteiger partial charge on any atom is -0.481 e. The second kappa shape index (κ2) is 14.2. The Morgan fingerprint density at radius 3 is 1.03 bits per heavy atom. The zero-order valence-corrected chi connectivity index (χ0v) is 21.0. The highest BCUT2D eigenvalue weighted by atomic mass is 16.6. The van der Waals surface area contributed by atoms with Gasteiger partial charge in [0, 0.05) is 12.8 Å². The van der Waals surface area contributed by atoms with Crippen molar-refractivity contribution in [2.45, 2.75) is 102 Å². The van der Waals surface area contributed by atoms with Crippen LogP contribution in [0.2, 0.25) is 0 Å². The molecule has 208 valence electrons. The van der Waals surface area contributed by atoms with Crippen molar-refractivity contribution in [2.24, 2.45) is 0 Å². The minimum absolute atomic E-state index is 0.121. The van der Waals surface area contributed by atoms with Gasteiger partial charge in [-0.05, 0) is 12.8 Å². The molecule has 1 aromatic heterocycles. The van der Waals surface area contributed by atoms with Crippen LogP contribution in [0.25, 0.3) is 0 Å². The van der Waals surface area contributed by atoms with Gasteiger partial charge in [0.1, 0.15) is 0 Å². The Kier molecular flexibility index (Phi) is 11.1. The number of carbonyl (C=O) groups is 2. The molecule has 1 aromatic rings. The van der Waals surface area contributed by atoms with Crippen LogP contribution in [0.1, 0.15) is 64.2 Å². The molecule has 0 amide bonds. The van der Waals surface area contributed by atoms with E-state index in [2.05, 4.69) is 0 Å². The van der Waals surface area contributed by atoms with E-state index in [0.29, 0.717) is 19.8 Å². The highest BCUT2D eigenvalue weighted by molar-refractivity contribution is 5.66. The zero-order chi connectivity index (χ0) is 26.8. The molecule has 3 aliphatic rings. The normalized spacial score (nSPS) is 21.1. The van der Waals surface area contributed by atoms with Crippen molar-refractivity contribution in [3.8, 4) is 0 Å². The molecule has 37 heavy (non-hydrogen) atoms. The standard InChI is InChI=1S/C12H15N3O6.C12H22O4/c16-10-13(1-7-4-19-7)11(17)15(3-9-6-21-9)12(18)14(10)2-8-5-20-8;13-11(14)9-7-5-3-1-2-4-6-8-10-12(15)16/h7-9H,1-6H2;1-10H2,(H,13,14)(H,15,16). The SMILES string of the molecule is O=C(O)CCCCCCCCCCC(=O)O.O=c1n(CC2CO2)c(=O)n(CC2CO2)c(=O)n1CC1CO1. The lowest BCUT2D eigenvalue weighted by atomic mass is 10.1. The van der Waals surface area contributed by atoms with Gasteiger partial charge >= 0.3 is 29.0 Å². The van der Waals surface area contributed by atoms with Gasteiger partial charge in [-0.15, -0.1) is 0 Å². The molecule has 3 fully saturated rings. The number of ether oxygens (including phenoxy) is 3. The lowest BCUT2D eigenvalue weighted by Crippen LogP contribution is -2.55. The molecular weight excluding hydrogens is 490 g/mol. The van der Waals surface area contributed by atoms with E-state index < -0.39 is 29.0 Å². The molecule has 13 nitrogen and oxygen atoms in total. The molecule has 0 aliphatic carbocycles. The smallest absolute Gasteiger partial charge is 0.336 e. The quantitative estimate of drug-likeness (QED) is 0.213. The summed E-state index contributed by atoms with van der Waals surface area (Å²) in [7, 11) is 0. The predicted molar refractivity (Wildman–Crippen MR) is 130 cm³/mol. The molecule has 3 unspecified atom stereocenters. The van der Waals surface area contributed by atoms with E-state index in [1.54, 1.807) is 0 Å². The Hall–Kier alpha value is -2.77. The van der Waals surface area contributed by atoms with E-state index in [4.69, 9.17) is 24.4 Å². The van der Waals surface area contributed by atoms with Gasteiger partial charge in [0.2, 0.25) is 0 Å². The maximum Gasteiger partial charge on any atom is 0.336 e. The molecule has 0 spiro atoms. The number of rotatable bonds is 17. The molecular formula is C24H37N3O10. The zero-order valence-electron chi connectivity index (χ0n) is 21.0. The summed E-state index contributed by atoms with van der Waals surface area (Å²) in [6, 6.07) is 0. The van der Waals surface area contributed by atoms with Crippen LogP contribution in [0, 0.1) is 0 Å². The molecule has 13 heteroatoms. The van der Waals surface area contributed by atoms with E-state index in [1.165, 1.54) is 0 Å². The number of unbranched alkanes of at least 4 members (excludes halogenated alkanes) is 7. The van der Waals surface area contributed by atoms with Crippen molar-refractivity contribution in [3.05, 3.63) is 31.5 Å². The van der Waals surface area contributed by atoms with Crippen molar-refractivity contribution in [2.75, 3.05) is 19.8 Å². The molecule has 4 heterocycles. The third kappa shape index (κ3) is 10.6. The summed E-state index contributed by atoms with van der Waals surface area (Å²) < 4.78 is 18.4. The third-order valence-electron chi connectivity index (χ3n) is 6.28. The van der Waals surface area contributed by atoms with Gasteiger partial charge < -0.3 is 24.4 Å². The molecule has 0 aromatic carbocycles. The summed E-state index contributed by atoms with van der Waals surface area (Å²) in [5.74, 6) is -1.43. The van der Waals surface area contributed by atoms with Gasteiger partial charge in [-0.25, -0.2) is 28.1 Å². The summed E-state index contributed by atoms with van der Waals surface area (Å²) in [6.45, 7) is 2.12. The van der Waals surface area contributed by atoms with Gasteiger partial charge in [-0.1, -0.05) is 38.5 Å². The number of nitrogens with zero attached hydrogens (tertiary/aromatic N) is 3. The lowest BCUT2D eigenvalue weighted by molar-refractivity contribution is -0.138. The summed E-state index contributed by atoms with van der Waals surface area (Å²) in [5, 5.41) is 16.8. The molecule has 4 rings (SSSR count). The van der Waals surface area contributed by atoms with Crippen molar-refractivity contribution in [1.29, 1.82) is 0 Å². The maximum absolute atomic E-state index is 12.4. The minimum atomic E-state index is -0.714. The van der Waals surface area contributed by atoms with E-state index in [1.807, 2.05) is 0 Å². The lowest BCUT2D eigenvalue weighted by Gasteiger charge is -2.12. The van der Waals surface area contributed by atoms with Crippen LogP contribution in [0.5, 0.6) is 0 Å². The molecule has 0 saturated carbocycles. The van der Waals surface area contributed by atoms with Crippen molar-refractivity contribution in [3.63, 3.8) is 0 Å². The predicted octanol–water partition coefficient (Wildman–Crippen LogP) is 0.425. The van der Waals surface area contributed by atoms with Gasteiger partial charge in [-0.2, -0.15) is 0 Å². The molecule has 3 saturated heterocycles. The number of hydrogen-bond donors (Lipinski definition) is 2. The fourth-order valence-corrected chi connectivity index (χ4v) is 3.90. The molecule has 2 N–H and O–H groups in total. The first-order valence-corrected chi connectivity index (χ1v) is 13.0. The van der Waals surface area contributed by atoms with E-state index >= 15 is 0 Å². The first kappa shape index (κ1) is 28.8. The Bertz CT molecular complexity index is 927. The third-order valence-corrected chi connectivity index (χ3v) is 6.28. The van der Waals surface area contributed by atoms with E-state index in [0.717, 1.165) is 65.1 Å². The van der Waals surface area contributed by atoms with Crippen LogP contribution in [-0.2, 0) is 43.4 Å². The van der Waals surface area contributed by atoms with Crippen LogP contribution < -0.4 is 17.1 Å². The fourth-order valence-electron chi connectivity index (χ4n) is 3.90. The van der Waals surface area contributed by atoms with Crippen LogP contribution in [0.3, 0.4) is 0 Å². The number of carboxylic acid groups (broad SMARTS) is 2. The van der Waals surface area contributed by atoms with E-state index in [9.17, 15) is 24.0 Å². The van der Waals surface area contributed by atoms with Gasteiger partial charge in [-0.3, -0.25) is 9.59 Å². The Morgan fingerprint density at radius 2 is 0.811 bits per heavy atom. The topological polar surface area (TPSA) is 178 Å². The number of aliphatic carboxylic acids is 2. The van der Waals surface area contributed by atoms with Crippen molar-refractivity contribution < 1.29 is 34.0 Å². The summed E-state index contributed by atoms with van der Waals surface area (Å²) in [5.41, 5.74) is -1.78. The first-order chi connectivity index (χ1) is 17.8. The first-order valence-electron chi connectivity index (χ1n) is 13.0. The fraction of sp³-hybridized carbons (Fsp3) is 0.792. The molecule has 3 aliphatic heterocycles. The van der Waals surface area contributed by atoms with Gasteiger partial charge in [0.05, 0.1) is 57.8 Å². The number of epoxide rings is 3. The summed E-state index contributed by atoms with van der Waals surface area (Å²) in [4.78, 5) is 57.5. The van der Waals surface area contributed by atoms with Crippen molar-refractivity contribution >= 4 is 11.9 Å². The highest BCUT2D eigenvalue weighted by Gasteiger charge is 2.31. The second-order valence-corrected chi connectivity index (χ2v) is 9.66. The summed E-state index contributed by atoms with van der Waals surface area (Å²) in [6.07, 6.45) is 8.15. The number of aromatic nitrogens is 3. The largest absolute Gasteiger partial charge is 0.481 e. The summed E-state index contributed by atoms with van der Waals surface area (Å²) >= 11 is 0. The maximum atomic E-state index is 12.4. The Labute approximate surface area is 213 Å². The Balaban J connectivity index is 0.000000216. The second-order valence-electron chi connectivity index (χ2n) is 9.66. The van der Waals surface area contributed by atoms with E-state index in [-0.39, 0.29) is 50.8 Å². The molecule has 3 atom stereocenters. The van der Waals surface area contributed by atoms with Crippen LogP contribution in [-0.4, -0.2) is 74.0 Å². The highest BCUT2D eigenvalue weighted by Crippen LogP contribution is 2.12. The molecule has 0 radical (unpaired) electrons. The number of carboxylic acids is 2. The average Bonchev–Trinajstić information content (AvgIpc) is 3.69. The van der Waals surface area contributed by atoms with Crippen molar-refractivity contribution in [1.82, 2.24) is 13.7 Å². The van der Waals surface area contributed by atoms with Gasteiger partial charge in [0.25, 0.3) is 0 Å². The van der Waals surface area contributed by atoms with Crippen LogP contribution in [0.15, 0.2) is 14.4 Å². The average molecular weight is 528 g/mol. The Morgan fingerprint density at radius 1 is 0.568 bits per heavy atom.